The summed E-state index contributed by atoms with van der Waals surface area (Å²) in [7, 11) is 0. The molecule has 8 rings (SSSR count). The van der Waals surface area contributed by atoms with E-state index in [1.54, 1.807) is 11.1 Å². The zero-order chi connectivity index (χ0) is 23.2. The van der Waals surface area contributed by atoms with Crippen molar-refractivity contribution in [3.8, 4) is 11.3 Å². The van der Waals surface area contributed by atoms with E-state index in [1.165, 1.54) is 24.6 Å². The molecule has 2 aliphatic carbocycles. The summed E-state index contributed by atoms with van der Waals surface area (Å²) >= 11 is 0. The van der Waals surface area contributed by atoms with Gasteiger partial charge in [-0.1, -0.05) is 55.0 Å². The third kappa shape index (κ3) is 3.92. The molecule has 1 saturated carbocycles. The van der Waals surface area contributed by atoms with E-state index in [1.807, 2.05) is 42.9 Å². The summed E-state index contributed by atoms with van der Waals surface area (Å²) < 4.78 is 0. The normalized spacial score (nSPS) is 17.4. The number of rotatable bonds is 1. The standard InChI is InChI=1S/C16H10N2.C16H14N.Pt/c1-3-12-7-5-11-6-8-13-4-2-10-18-16(13)14(11)15(12)17-9-1;1-2-8-17-16(3-1)13-6-7-14-11-4-5-12(9-11)15(14)10-13;/h1-10H;1-3,7-8,10-12H,4-5,9H2;/q;-1;. The molecular weight excluding hydrogens is 621 g/mol. The average Bonchev–Trinajstić information content (AvgIpc) is 3.56. The topological polar surface area (TPSA) is 38.7 Å². The van der Waals surface area contributed by atoms with Crippen molar-refractivity contribution in [3.63, 3.8) is 0 Å². The molecule has 4 heteroatoms. The minimum atomic E-state index is 0. The van der Waals surface area contributed by atoms with Gasteiger partial charge in [0.1, 0.15) is 0 Å². The number of pyridine rings is 3. The van der Waals surface area contributed by atoms with Crippen LogP contribution in [0.4, 0.5) is 0 Å². The molecule has 1 fully saturated rings. The number of hydrogen-bond acceptors (Lipinski definition) is 3. The molecule has 3 aromatic heterocycles. The fourth-order valence-corrected chi connectivity index (χ4v) is 5.93. The second kappa shape index (κ2) is 9.56. The number of hydrogen-bond donors (Lipinski definition) is 0. The van der Waals surface area contributed by atoms with Crippen LogP contribution in [0.25, 0.3) is 43.8 Å². The molecule has 3 heterocycles. The SMILES string of the molecule is [Pt].[c-]1cc2c(cc1-c1ccccn1)C1CCC2C1.c1cnc2c(c1)ccc1ccc3cccnc3c12. The van der Waals surface area contributed by atoms with E-state index in [2.05, 4.69) is 75.6 Å². The first kappa shape index (κ1) is 23.0. The first-order valence-corrected chi connectivity index (χ1v) is 12.3. The van der Waals surface area contributed by atoms with Gasteiger partial charge in [0.05, 0.1) is 11.0 Å². The fourth-order valence-electron chi connectivity index (χ4n) is 5.93. The van der Waals surface area contributed by atoms with Crippen molar-refractivity contribution < 1.29 is 21.1 Å². The molecule has 2 aliphatic rings. The molecule has 178 valence electrons. The van der Waals surface area contributed by atoms with Gasteiger partial charge in [0.25, 0.3) is 0 Å². The first-order chi connectivity index (χ1) is 17.3. The summed E-state index contributed by atoms with van der Waals surface area (Å²) in [5.41, 5.74) is 7.37. The Morgan fingerprint density at radius 1 is 0.639 bits per heavy atom. The Labute approximate surface area is 224 Å². The Balaban J connectivity index is 0.000000130. The molecule has 0 amide bonds. The molecular formula is C32H24N3Pt-. The molecule has 0 spiro atoms. The van der Waals surface area contributed by atoms with Crippen molar-refractivity contribution in [2.45, 2.75) is 31.1 Å². The van der Waals surface area contributed by atoms with E-state index in [9.17, 15) is 0 Å². The fraction of sp³-hybridized carbons (Fsp3) is 0.156. The summed E-state index contributed by atoms with van der Waals surface area (Å²) in [6.45, 7) is 0. The smallest absolute Gasteiger partial charge is 0.0802 e. The van der Waals surface area contributed by atoms with Gasteiger partial charge in [-0.25, -0.2) is 0 Å². The van der Waals surface area contributed by atoms with Crippen molar-refractivity contribution in [1.82, 2.24) is 15.0 Å². The van der Waals surface area contributed by atoms with Gasteiger partial charge < -0.3 is 4.98 Å². The van der Waals surface area contributed by atoms with Crippen molar-refractivity contribution >= 4 is 32.6 Å². The third-order valence-corrected chi connectivity index (χ3v) is 7.59. The Kier molecular flexibility index (Phi) is 6.11. The van der Waals surface area contributed by atoms with Gasteiger partial charge in [-0.05, 0) is 54.0 Å². The molecule has 3 nitrogen and oxygen atoms in total. The molecule has 0 saturated heterocycles. The van der Waals surface area contributed by atoms with Crippen LogP contribution in [0.5, 0.6) is 0 Å². The van der Waals surface area contributed by atoms with Gasteiger partial charge in [-0.2, -0.15) is 0 Å². The average molecular weight is 646 g/mol. The molecule has 36 heavy (non-hydrogen) atoms. The second-order valence-electron chi connectivity index (χ2n) is 9.56. The zero-order valence-electron chi connectivity index (χ0n) is 19.7. The number of benzene rings is 3. The van der Waals surface area contributed by atoms with Gasteiger partial charge in [-0.3, -0.25) is 9.97 Å². The summed E-state index contributed by atoms with van der Waals surface area (Å²) in [5.74, 6) is 1.64. The molecule has 2 atom stereocenters. The Bertz CT molecular complexity index is 1630. The maximum atomic E-state index is 4.52. The molecule has 0 radical (unpaired) electrons. The van der Waals surface area contributed by atoms with Gasteiger partial charge in [0.15, 0.2) is 0 Å². The van der Waals surface area contributed by atoms with Gasteiger partial charge in [0, 0.05) is 55.8 Å². The number of fused-ring (bicyclic) bond motifs is 10. The number of aromatic nitrogens is 3. The second-order valence-corrected chi connectivity index (χ2v) is 9.56. The minimum Gasteiger partial charge on any atom is -0.305 e. The van der Waals surface area contributed by atoms with Crippen LogP contribution < -0.4 is 0 Å². The predicted molar refractivity (Wildman–Crippen MR) is 142 cm³/mol. The van der Waals surface area contributed by atoms with Crippen LogP contribution in [0.2, 0.25) is 0 Å². The van der Waals surface area contributed by atoms with E-state index in [-0.39, 0.29) is 21.1 Å². The van der Waals surface area contributed by atoms with Gasteiger partial charge in [-0.15, -0.1) is 34.9 Å². The van der Waals surface area contributed by atoms with E-state index in [4.69, 9.17) is 0 Å². The van der Waals surface area contributed by atoms with Crippen LogP contribution in [0, 0.1) is 6.07 Å². The van der Waals surface area contributed by atoms with Crippen LogP contribution in [-0.4, -0.2) is 15.0 Å². The van der Waals surface area contributed by atoms with Crippen LogP contribution in [0.3, 0.4) is 0 Å². The molecule has 2 unspecified atom stereocenters. The molecule has 0 aliphatic heterocycles. The zero-order valence-corrected chi connectivity index (χ0v) is 21.9. The minimum absolute atomic E-state index is 0. The number of nitrogens with zero attached hydrogens (tertiary/aromatic N) is 3. The van der Waals surface area contributed by atoms with Crippen molar-refractivity contribution in [3.05, 3.63) is 115 Å². The maximum Gasteiger partial charge on any atom is 0.0802 e. The summed E-state index contributed by atoms with van der Waals surface area (Å²) in [6.07, 6.45) is 9.66. The Morgan fingerprint density at radius 2 is 1.28 bits per heavy atom. The van der Waals surface area contributed by atoms with E-state index >= 15 is 0 Å². The Morgan fingerprint density at radius 3 is 1.94 bits per heavy atom. The molecule has 2 bridgehead atoms. The van der Waals surface area contributed by atoms with Crippen molar-refractivity contribution in [2.24, 2.45) is 0 Å². The van der Waals surface area contributed by atoms with E-state index in [0.717, 1.165) is 50.3 Å². The maximum absolute atomic E-state index is 4.52. The van der Waals surface area contributed by atoms with E-state index < -0.39 is 0 Å². The quantitative estimate of drug-likeness (QED) is 0.135. The first-order valence-electron chi connectivity index (χ1n) is 12.3. The third-order valence-electron chi connectivity index (χ3n) is 7.59. The van der Waals surface area contributed by atoms with Crippen LogP contribution in [-0.2, 0) is 21.1 Å². The van der Waals surface area contributed by atoms with Crippen LogP contribution in [0.1, 0.15) is 42.2 Å². The van der Waals surface area contributed by atoms with Crippen LogP contribution >= 0.6 is 0 Å². The summed E-state index contributed by atoms with van der Waals surface area (Å²) in [6, 6.07) is 30.6. The molecule has 3 aromatic carbocycles. The summed E-state index contributed by atoms with van der Waals surface area (Å²) in [4.78, 5) is 13.4. The van der Waals surface area contributed by atoms with Crippen molar-refractivity contribution in [1.29, 1.82) is 0 Å². The van der Waals surface area contributed by atoms with Crippen molar-refractivity contribution in [2.75, 3.05) is 0 Å². The molecule has 0 N–H and O–H groups in total. The largest absolute Gasteiger partial charge is 0.305 e. The molecule has 6 aromatic rings. The summed E-state index contributed by atoms with van der Waals surface area (Å²) in [5, 5.41) is 4.64. The van der Waals surface area contributed by atoms with Gasteiger partial charge in [0.2, 0.25) is 0 Å². The van der Waals surface area contributed by atoms with Crippen LogP contribution in [0.15, 0.2) is 97.5 Å². The monoisotopic (exact) mass is 645 g/mol. The van der Waals surface area contributed by atoms with Gasteiger partial charge >= 0.3 is 0 Å². The Hall–Kier alpha value is -3.42. The predicted octanol–water partition coefficient (Wildman–Crippen LogP) is 7.85. The van der Waals surface area contributed by atoms with E-state index in [0.29, 0.717) is 0 Å².